The Kier molecular flexibility index (Phi) is 6.90. The van der Waals surface area contributed by atoms with Gasteiger partial charge in [0, 0.05) is 24.5 Å². The predicted octanol–water partition coefficient (Wildman–Crippen LogP) is 1.60. The summed E-state index contributed by atoms with van der Waals surface area (Å²) in [4.78, 5) is 38.0. The first-order valence-electron chi connectivity index (χ1n) is 8.99. The lowest BCUT2D eigenvalue weighted by molar-refractivity contribution is -0.142. The van der Waals surface area contributed by atoms with E-state index in [4.69, 9.17) is 16.7 Å². The van der Waals surface area contributed by atoms with E-state index in [1.165, 1.54) is 4.90 Å². The van der Waals surface area contributed by atoms with Crippen LogP contribution in [0.1, 0.15) is 32.8 Å². The van der Waals surface area contributed by atoms with Crippen molar-refractivity contribution in [3.63, 3.8) is 0 Å². The number of nitrogens with zero attached hydrogens (tertiary/aromatic N) is 1. The van der Waals surface area contributed by atoms with Gasteiger partial charge >= 0.3 is 6.09 Å². The highest BCUT2D eigenvalue weighted by atomic mass is 35.5. The molecule has 1 fully saturated rings. The maximum absolute atomic E-state index is 13.0. The van der Waals surface area contributed by atoms with Gasteiger partial charge < -0.3 is 25.7 Å². The second-order valence-electron chi connectivity index (χ2n) is 7.99. The molecule has 8 nitrogen and oxygen atoms in total. The maximum atomic E-state index is 13.0. The number of hydrogen-bond acceptors (Lipinski definition) is 4. The van der Waals surface area contributed by atoms with Gasteiger partial charge in [-0.3, -0.25) is 9.59 Å². The van der Waals surface area contributed by atoms with Crippen LogP contribution in [0.25, 0.3) is 0 Å². The minimum atomic E-state index is -1.32. The number of β-amino-alcohol motifs (C(OH)–C–C–N with tert-alkyl or cyclic N) is 1. The molecular weight excluding hydrogens is 386 g/mol. The van der Waals surface area contributed by atoms with Gasteiger partial charge in [0.15, 0.2) is 0 Å². The van der Waals surface area contributed by atoms with Gasteiger partial charge in [0.2, 0.25) is 11.8 Å². The van der Waals surface area contributed by atoms with Crippen LogP contribution in [-0.4, -0.2) is 57.8 Å². The van der Waals surface area contributed by atoms with E-state index in [0.29, 0.717) is 5.02 Å². The Morgan fingerprint density at radius 3 is 2.39 bits per heavy atom. The topological polar surface area (TPSA) is 119 Å². The molecule has 0 bridgehead atoms. The summed E-state index contributed by atoms with van der Waals surface area (Å²) in [6.45, 7) is 5.42. The molecule has 154 valence electrons. The molecule has 4 N–H and O–H groups in total. The normalized spacial score (nSPS) is 20.5. The third-order valence-corrected chi connectivity index (χ3v) is 4.88. The van der Waals surface area contributed by atoms with Crippen molar-refractivity contribution in [1.82, 2.24) is 15.5 Å². The largest absolute Gasteiger partial charge is 0.465 e. The van der Waals surface area contributed by atoms with Gasteiger partial charge in [-0.1, -0.05) is 44.5 Å². The zero-order valence-corrected chi connectivity index (χ0v) is 16.9. The summed E-state index contributed by atoms with van der Waals surface area (Å²) >= 11 is 5.84. The van der Waals surface area contributed by atoms with Crippen LogP contribution in [0.2, 0.25) is 5.02 Å². The molecule has 0 radical (unpaired) electrons. The van der Waals surface area contributed by atoms with Crippen molar-refractivity contribution < 1.29 is 24.6 Å². The first kappa shape index (κ1) is 22.0. The molecule has 2 rings (SSSR count). The van der Waals surface area contributed by atoms with Crippen LogP contribution in [0.5, 0.6) is 0 Å². The van der Waals surface area contributed by atoms with Crippen molar-refractivity contribution in [2.45, 2.75) is 51.9 Å². The van der Waals surface area contributed by atoms with Crippen LogP contribution >= 0.6 is 11.6 Å². The van der Waals surface area contributed by atoms with Crippen LogP contribution in [0, 0.1) is 5.41 Å². The van der Waals surface area contributed by atoms with Crippen molar-refractivity contribution in [2.24, 2.45) is 5.41 Å². The molecule has 1 aliphatic rings. The highest BCUT2D eigenvalue weighted by Gasteiger charge is 2.44. The van der Waals surface area contributed by atoms with E-state index in [2.05, 4.69) is 10.6 Å². The number of carboxylic acid groups (broad SMARTS) is 1. The summed E-state index contributed by atoms with van der Waals surface area (Å²) in [5.41, 5.74) is 0.141. The number of amides is 3. The Morgan fingerprint density at radius 2 is 1.86 bits per heavy atom. The Morgan fingerprint density at radius 1 is 1.25 bits per heavy atom. The van der Waals surface area contributed by atoms with E-state index >= 15 is 0 Å². The molecule has 3 amide bonds. The SMILES string of the molecule is CC(C)(C)[C@H](NC(=O)O)C(=O)N1C[C@H](O)C[C@H]1C(=O)NCc1ccc(Cl)cc1. The fourth-order valence-electron chi connectivity index (χ4n) is 3.15. The lowest BCUT2D eigenvalue weighted by Gasteiger charge is -2.34. The van der Waals surface area contributed by atoms with Crippen LogP contribution in [0.15, 0.2) is 24.3 Å². The zero-order chi connectivity index (χ0) is 21.1. The van der Waals surface area contributed by atoms with Gasteiger partial charge in [0.25, 0.3) is 0 Å². The van der Waals surface area contributed by atoms with E-state index in [9.17, 15) is 19.5 Å². The van der Waals surface area contributed by atoms with Crippen LogP contribution < -0.4 is 10.6 Å². The smallest absolute Gasteiger partial charge is 0.405 e. The number of carbonyl (C=O) groups is 3. The third kappa shape index (κ3) is 5.59. The van der Waals surface area contributed by atoms with Crippen molar-refractivity contribution in [3.8, 4) is 0 Å². The fraction of sp³-hybridized carbons (Fsp3) is 0.526. The molecule has 0 unspecified atom stereocenters. The zero-order valence-electron chi connectivity index (χ0n) is 16.1. The first-order valence-corrected chi connectivity index (χ1v) is 9.37. The molecular formula is C19H26ClN3O5. The van der Waals surface area contributed by atoms with Crippen LogP contribution in [0.3, 0.4) is 0 Å². The summed E-state index contributed by atoms with van der Waals surface area (Å²) in [5.74, 6) is -0.930. The Labute approximate surface area is 168 Å². The third-order valence-electron chi connectivity index (χ3n) is 4.63. The summed E-state index contributed by atoms with van der Waals surface area (Å²) in [5, 5.41) is 24.7. The second-order valence-corrected chi connectivity index (χ2v) is 8.43. The molecule has 1 heterocycles. The number of nitrogens with one attached hydrogen (secondary N) is 2. The maximum Gasteiger partial charge on any atom is 0.405 e. The van der Waals surface area contributed by atoms with E-state index in [-0.39, 0.29) is 19.5 Å². The lowest BCUT2D eigenvalue weighted by Crippen LogP contribution is -2.57. The van der Waals surface area contributed by atoms with E-state index in [0.717, 1.165) is 5.56 Å². The van der Waals surface area contributed by atoms with Crippen LogP contribution in [0.4, 0.5) is 4.79 Å². The van der Waals surface area contributed by atoms with Gasteiger partial charge in [-0.25, -0.2) is 4.79 Å². The summed E-state index contributed by atoms with van der Waals surface area (Å²) in [6.07, 6.45) is -2.07. The first-order chi connectivity index (χ1) is 13.0. The summed E-state index contributed by atoms with van der Waals surface area (Å²) in [6, 6.07) is 5.08. The molecule has 0 saturated carbocycles. The van der Waals surface area contributed by atoms with Crippen molar-refractivity contribution in [3.05, 3.63) is 34.9 Å². The molecule has 0 aliphatic carbocycles. The van der Waals surface area contributed by atoms with Crippen molar-refractivity contribution in [2.75, 3.05) is 6.54 Å². The number of halogens is 1. The highest BCUT2D eigenvalue weighted by molar-refractivity contribution is 6.30. The average Bonchev–Trinajstić information content (AvgIpc) is 2.99. The minimum Gasteiger partial charge on any atom is -0.465 e. The molecule has 0 aromatic heterocycles. The predicted molar refractivity (Wildman–Crippen MR) is 104 cm³/mol. The van der Waals surface area contributed by atoms with Gasteiger partial charge in [0.05, 0.1) is 6.10 Å². The van der Waals surface area contributed by atoms with Crippen LogP contribution in [-0.2, 0) is 16.1 Å². The van der Waals surface area contributed by atoms with Gasteiger partial charge in [0.1, 0.15) is 12.1 Å². The van der Waals surface area contributed by atoms with Gasteiger partial charge in [-0.15, -0.1) is 0 Å². The monoisotopic (exact) mass is 411 g/mol. The number of hydrogen-bond donors (Lipinski definition) is 4. The van der Waals surface area contributed by atoms with Crippen molar-refractivity contribution >= 4 is 29.5 Å². The second kappa shape index (κ2) is 8.79. The highest BCUT2D eigenvalue weighted by Crippen LogP contribution is 2.26. The standard InChI is InChI=1S/C19H26ClN3O5/c1-19(2,3)15(22-18(27)28)17(26)23-10-13(24)8-14(23)16(25)21-9-11-4-6-12(20)7-5-11/h4-7,13-15,22,24H,8-10H2,1-3H3,(H,21,25)(H,27,28)/t13-,14+,15-/m1/s1. The average molecular weight is 412 g/mol. The molecule has 9 heteroatoms. The Hall–Kier alpha value is -2.32. The van der Waals surface area contributed by atoms with E-state index < -0.39 is 41.5 Å². The summed E-state index contributed by atoms with van der Waals surface area (Å²) in [7, 11) is 0. The Bertz CT molecular complexity index is 732. The molecule has 1 aromatic rings. The molecule has 0 spiro atoms. The molecule has 1 aromatic carbocycles. The summed E-state index contributed by atoms with van der Waals surface area (Å²) < 4.78 is 0. The number of carbonyl (C=O) groups excluding carboxylic acids is 2. The lowest BCUT2D eigenvalue weighted by atomic mass is 9.85. The molecule has 28 heavy (non-hydrogen) atoms. The minimum absolute atomic E-state index is 0.0221. The van der Waals surface area contributed by atoms with Gasteiger partial charge in [-0.05, 0) is 23.1 Å². The number of benzene rings is 1. The van der Waals surface area contributed by atoms with E-state index in [1.54, 1.807) is 45.0 Å². The number of likely N-dealkylation sites (tertiary alicyclic amines) is 1. The van der Waals surface area contributed by atoms with E-state index in [1.807, 2.05) is 0 Å². The number of rotatable bonds is 5. The van der Waals surface area contributed by atoms with Gasteiger partial charge in [-0.2, -0.15) is 0 Å². The fourth-order valence-corrected chi connectivity index (χ4v) is 3.28. The molecule has 1 saturated heterocycles. The molecule has 3 atom stereocenters. The quantitative estimate of drug-likeness (QED) is 0.586. The number of aliphatic hydroxyl groups is 1. The molecule has 1 aliphatic heterocycles. The number of aliphatic hydroxyl groups excluding tert-OH is 1. The Balaban J connectivity index is 2.11. The van der Waals surface area contributed by atoms with Crippen molar-refractivity contribution in [1.29, 1.82) is 0 Å².